The van der Waals surface area contributed by atoms with Gasteiger partial charge in [0, 0.05) is 37.8 Å². The molecule has 0 spiro atoms. The van der Waals surface area contributed by atoms with Crippen molar-refractivity contribution in [1.82, 2.24) is 14.7 Å². The van der Waals surface area contributed by atoms with Crippen molar-refractivity contribution in [3.63, 3.8) is 0 Å². The van der Waals surface area contributed by atoms with Gasteiger partial charge in [0.1, 0.15) is 5.76 Å². The smallest absolute Gasteiger partial charge is 0.289 e. The fourth-order valence-corrected chi connectivity index (χ4v) is 2.93. The molecule has 1 saturated heterocycles. The molecule has 1 atom stereocenters. The Hall–Kier alpha value is -2.57. The lowest BCUT2D eigenvalue weighted by molar-refractivity contribution is -0.114. The van der Waals surface area contributed by atoms with Gasteiger partial charge in [-0.25, -0.2) is 0 Å². The van der Waals surface area contributed by atoms with E-state index in [1.807, 2.05) is 26.1 Å². The second-order valence-electron chi connectivity index (χ2n) is 5.93. The summed E-state index contributed by atoms with van der Waals surface area (Å²) in [7, 11) is 0. The van der Waals surface area contributed by atoms with E-state index < -0.39 is 0 Å². The first-order valence-corrected chi connectivity index (χ1v) is 7.63. The van der Waals surface area contributed by atoms with Gasteiger partial charge in [0.25, 0.3) is 5.91 Å². The largest absolute Gasteiger partial charge is 0.456 e. The molecule has 7 heteroatoms. The maximum absolute atomic E-state index is 12.6. The van der Waals surface area contributed by atoms with Crippen molar-refractivity contribution in [2.75, 3.05) is 18.4 Å². The molecule has 0 bridgehead atoms. The van der Waals surface area contributed by atoms with Crippen molar-refractivity contribution in [2.45, 2.75) is 33.2 Å². The highest BCUT2D eigenvalue weighted by Gasteiger charge is 2.30. The van der Waals surface area contributed by atoms with Gasteiger partial charge in [0.15, 0.2) is 11.6 Å². The Morgan fingerprint density at radius 2 is 2.17 bits per heavy atom. The van der Waals surface area contributed by atoms with Gasteiger partial charge in [-0.3, -0.25) is 14.3 Å². The first-order chi connectivity index (χ1) is 10.9. The molecule has 2 amide bonds. The Morgan fingerprint density at radius 3 is 2.83 bits per heavy atom. The van der Waals surface area contributed by atoms with E-state index in [1.54, 1.807) is 15.6 Å². The summed E-state index contributed by atoms with van der Waals surface area (Å²) in [5.41, 5.74) is 0.864. The van der Waals surface area contributed by atoms with Crippen LogP contribution in [0.5, 0.6) is 0 Å². The Morgan fingerprint density at radius 1 is 1.39 bits per heavy atom. The van der Waals surface area contributed by atoms with E-state index in [4.69, 9.17) is 4.42 Å². The van der Waals surface area contributed by atoms with Gasteiger partial charge in [-0.1, -0.05) is 0 Å². The Bertz CT molecular complexity index is 746. The molecule has 1 N–H and O–H groups in total. The number of aryl methyl sites for hydroxylation is 2. The number of likely N-dealkylation sites (tertiary alicyclic amines) is 1. The summed E-state index contributed by atoms with van der Waals surface area (Å²) in [5, 5.41) is 7.00. The number of nitrogens with zero attached hydrogens (tertiary/aromatic N) is 3. The van der Waals surface area contributed by atoms with Crippen LogP contribution in [0.2, 0.25) is 0 Å². The van der Waals surface area contributed by atoms with Crippen molar-refractivity contribution in [3.05, 3.63) is 35.4 Å². The lowest BCUT2D eigenvalue weighted by Gasteiger charge is -2.15. The maximum Gasteiger partial charge on any atom is 0.289 e. The van der Waals surface area contributed by atoms with E-state index in [9.17, 15) is 9.59 Å². The van der Waals surface area contributed by atoms with Crippen molar-refractivity contribution < 1.29 is 14.0 Å². The average molecular weight is 316 g/mol. The van der Waals surface area contributed by atoms with Crippen LogP contribution < -0.4 is 5.32 Å². The highest BCUT2D eigenvalue weighted by atomic mass is 16.4. The molecule has 0 aliphatic carbocycles. The normalized spacial score (nSPS) is 17.5. The molecule has 2 aromatic rings. The number of rotatable bonds is 3. The molecule has 1 unspecified atom stereocenters. The van der Waals surface area contributed by atoms with Gasteiger partial charge in [0.05, 0.1) is 6.04 Å². The first kappa shape index (κ1) is 15.3. The molecule has 122 valence electrons. The molecule has 0 aromatic carbocycles. The predicted molar refractivity (Wildman–Crippen MR) is 84.3 cm³/mol. The molecule has 23 heavy (non-hydrogen) atoms. The molecule has 3 heterocycles. The number of hydrogen-bond donors (Lipinski definition) is 1. The van der Waals surface area contributed by atoms with Crippen molar-refractivity contribution in [2.24, 2.45) is 0 Å². The number of nitrogens with one attached hydrogen (secondary N) is 1. The van der Waals surface area contributed by atoms with Crippen molar-refractivity contribution >= 4 is 17.6 Å². The zero-order chi connectivity index (χ0) is 16.6. The molecule has 7 nitrogen and oxygen atoms in total. The summed E-state index contributed by atoms with van der Waals surface area (Å²) in [6, 6.07) is 3.73. The van der Waals surface area contributed by atoms with E-state index in [2.05, 4.69) is 10.4 Å². The fourth-order valence-electron chi connectivity index (χ4n) is 2.93. The third-order valence-corrected chi connectivity index (χ3v) is 3.97. The van der Waals surface area contributed by atoms with Crippen LogP contribution in [0.15, 0.2) is 22.7 Å². The molecule has 1 aliphatic rings. The summed E-state index contributed by atoms with van der Waals surface area (Å²) >= 11 is 0. The predicted octanol–water partition coefficient (Wildman–Crippen LogP) is 2.14. The van der Waals surface area contributed by atoms with Gasteiger partial charge in [-0.05, 0) is 26.3 Å². The van der Waals surface area contributed by atoms with Gasteiger partial charge in [-0.2, -0.15) is 5.10 Å². The third-order valence-electron chi connectivity index (χ3n) is 3.97. The standard InChI is InChI=1S/C16H20N4O3/c1-10-8-11(2)23-15(10)16(22)19-6-4-13(9-19)20-7-5-14(18-20)17-12(3)21/h5,7-8,13H,4,6,9H2,1-3H3,(H,17,18,21). The summed E-state index contributed by atoms with van der Waals surface area (Å²) in [6.45, 7) is 6.41. The lowest BCUT2D eigenvalue weighted by Crippen LogP contribution is -2.29. The minimum absolute atomic E-state index is 0.0765. The summed E-state index contributed by atoms with van der Waals surface area (Å²) < 4.78 is 7.32. The number of anilines is 1. The molecular weight excluding hydrogens is 296 g/mol. The van der Waals surface area contributed by atoms with Crippen LogP contribution in [0.1, 0.15) is 41.3 Å². The van der Waals surface area contributed by atoms with E-state index in [1.165, 1.54) is 6.92 Å². The molecule has 3 rings (SSSR count). The number of aromatic nitrogens is 2. The fraction of sp³-hybridized carbons (Fsp3) is 0.438. The van der Waals surface area contributed by atoms with Crippen molar-refractivity contribution in [1.29, 1.82) is 0 Å². The highest BCUT2D eigenvalue weighted by Crippen LogP contribution is 2.25. The van der Waals surface area contributed by atoms with Crippen molar-refractivity contribution in [3.8, 4) is 0 Å². The minimum atomic E-state index is -0.151. The van der Waals surface area contributed by atoms with E-state index in [0.717, 1.165) is 17.7 Å². The zero-order valence-electron chi connectivity index (χ0n) is 13.5. The zero-order valence-corrected chi connectivity index (χ0v) is 13.5. The second-order valence-corrected chi connectivity index (χ2v) is 5.93. The first-order valence-electron chi connectivity index (χ1n) is 7.63. The Labute approximate surface area is 134 Å². The SMILES string of the molecule is CC(=O)Nc1ccn(C2CCN(C(=O)c3oc(C)cc3C)C2)n1. The topological polar surface area (TPSA) is 80.4 Å². The quantitative estimate of drug-likeness (QED) is 0.940. The van der Waals surface area contributed by atoms with Gasteiger partial charge < -0.3 is 14.6 Å². The number of amides is 2. The molecule has 0 saturated carbocycles. The van der Waals surface area contributed by atoms with Gasteiger partial charge in [-0.15, -0.1) is 0 Å². The summed E-state index contributed by atoms with van der Waals surface area (Å²) in [4.78, 5) is 25.4. The van der Waals surface area contributed by atoms with Crippen LogP contribution in [0.25, 0.3) is 0 Å². The second kappa shape index (κ2) is 5.91. The van der Waals surface area contributed by atoms with Crippen LogP contribution in [0, 0.1) is 13.8 Å². The summed E-state index contributed by atoms with van der Waals surface area (Å²) in [6.07, 6.45) is 2.65. The lowest BCUT2D eigenvalue weighted by atomic mass is 10.2. The Kier molecular flexibility index (Phi) is 3.94. The van der Waals surface area contributed by atoms with Crippen LogP contribution in [-0.4, -0.2) is 39.6 Å². The minimum Gasteiger partial charge on any atom is -0.456 e. The Balaban J connectivity index is 1.68. The summed E-state index contributed by atoms with van der Waals surface area (Å²) in [5.74, 6) is 1.46. The number of furan rings is 1. The number of carbonyl (C=O) groups excluding carboxylic acids is 2. The molecular formula is C16H20N4O3. The molecule has 1 aliphatic heterocycles. The highest BCUT2D eigenvalue weighted by molar-refractivity contribution is 5.93. The number of carbonyl (C=O) groups is 2. The monoisotopic (exact) mass is 316 g/mol. The van der Waals surface area contributed by atoms with Gasteiger partial charge >= 0.3 is 0 Å². The third kappa shape index (κ3) is 3.13. The van der Waals surface area contributed by atoms with E-state index >= 15 is 0 Å². The van der Waals surface area contributed by atoms with E-state index in [0.29, 0.717) is 24.7 Å². The van der Waals surface area contributed by atoms with Crippen LogP contribution in [0.4, 0.5) is 5.82 Å². The maximum atomic E-state index is 12.6. The van der Waals surface area contributed by atoms with Crippen LogP contribution in [0.3, 0.4) is 0 Å². The number of hydrogen-bond acceptors (Lipinski definition) is 4. The van der Waals surface area contributed by atoms with Crippen LogP contribution >= 0.6 is 0 Å². The average Bonchev–Trinajstić information content (AvgIpc) is 3.17. The molecule has 2 aromatic heterocycles. The molecule has 0 radical (unpaired) electrons. The van der Waals surface area contributed by atoms with Crippen LogP contribution in [-0.2, 0) is 4.79 Å². The molecule has 1 fully saturated rings. The van der Waals surface area contributed by atoms with Gasteiger partial charge in [0.2, 0.25) is 5.91 Å². The van der Waals surface area contributed by atoms with E-state index in [-0.39, 0.29) is 17.9 Å².